The normalized spacial score (nSPS) is 12.2. The fourth-order valence-corrected chi connectivity index (χ4v) is 10.3. The summed E-state index contributed by atoms with van der Waals surface area (Å²) in [5, 5.41) is 5.04. The number of fused-ring (bicyclic) bond motifs is 9. The van der Waals surface area contributed by atoms with E-state index in [0.717, 1.165) is 24.2 Å². The molecule has 0 spiro atoms. The maximum Gasteiger partial charge on any atom is 0.0547 e. The lowest BCUT2D eigenvalue weighted by Gasteiger charge is -2.21. The van der Waals surface area contributed by atoms with Crippen molar-refractivity contribution < 1.29 is 0 Å². The van der Waals surface area contributed by atoms with Gasteiger partial charge in [0.15, 0.2) is 0 Å². The van der Waals surface area contributed by atoms with E-state index in [4.69, 9.17) is 0 Å². The zero-order valence-corrected chi connectivity index (χ0v) is 35.0. The Morgan fingerprint density at radius 3 is 1.06 bits per heavy atom. The SMILES string of the molecule is c1ccc(-c2cccc(-c3ccc4c(c3)c3cc5c(cc3n4-c3ccncc3)-c3cc4c(cc3CC5)c3cc(-c5cccc(-c6ccccc6)c5)ccc3n4-c3ccncc3)c2)cc1. The van der Waals surface area contributed by atoms with Crippen molar-refractivity contribution in [1.29, 1.82) is 0 Å². The number of hydrogen-bond acceptors (Lipinski definition) is 2. The topological polar surface area (TPSA) is 35.6 Å². The van der Waals surface area contributed by atoms with Crippen molar-refractivity contribution in [3.63, 3.8) is 0 Å². The van der Waals surface area contributed by atoms with Crippen molar-refractivity contribution >= 4 is 43.6 Å². The van der Waals surface area contributed by atoms with Crippen LogP contribution in [0.2, 0.25) is 0 Å². The minimum atomic E-state index is 0.977. The molecule has 0 saturated heterocycles. The predicted molar refractivity (Wildman–Crippen MR) is 265 cm³/mol. The van der Waals surface area contributed by atoms with Crippen molar-refractivity contribution in [2.24, 2.45) is 0 Å². The minimum Gasteiger partial charge on any atom is -0.309 e. The summed E-state index contributed by atoms with van der Waals surface area (Å²) < 4.78 is 4.85. The Bertz CT molecular complexity index is 3500. The largest absolute Gasteiger partial charge is 0.309 e. The Labute approximate surface area is 371 Å². The molecule has 1 aliphatic carbocycles. The van der Waals surface area contributed by atoms with Gasteiger partial charge in [-0.2, -0.15) is 0 Å². The van der Waals surface area contributed by atoms with Crippen molar-refractivity contribution in [3.05, 3.63) is 230 Å². The van der Waals surface area contributed by atoms with E-state index >= 15 is 0 Å². The second kappa shape index (κ2) is 14.6. The molecule has 0 atom stereocenters. The lowest BCUT2D eigenvalue weighted by atomic mass is 9.84. The van der Waals surface area contributed by atoms with Crippen LogP contribution in [-0.4, -0.2) is 19.1 Å². The van der Waals surface area contributed by atoms with E-state index in [1.807, 2.05) is 24.8 Å². The molecular formula is C60H40N4. The van der Waals surface area contributed by atoms with Crippen LogP contribution in [0.1, 0.15) is 11.1 Å². The van der Waals surface area contributed by atoms with Crippen molar-refractivity contribution in [2.45, 2.75) is 12.8 Å². The third-order valence-electron chi connectivity index (χ3n) is 13.4. The number of benzene rings is 8. The van der Waals surface area contributed by atoms with Gasteiger partial charge in [-0.05, 0) is 165 Å². The van der Waals surface area contributed by atoms with E-state index in [-0.39, 0.29) is 0 Å². The molecule has 0 amide bonds. The first-order valence-corrected chi connectivity index (χ1v) is 22.1. The molecule has 13 rings (SSSR count). The molecule has 12 aromatic rings. The first-order valence-electron chi connectivity index (χ1n) is 22.1. The molecule has 4 aromatic heterocycles. The monoisotopic (exact) mass is 816 g/mol. The van der Waals surface area contributed by atoms with Crippen LogP contribution in [0.3, 0.4) is 0 Å². The van der Waals surface area contributed by atoms with E-state index in [1.165, 1.54) is 110 Å². The Balaban J connectivity index is 0.999. The summed E-state index contributed by atoms with van der Waals surface area (Å²) in [6.07, 6.45) is 9.53. The molecule has 0 saturated carbocycles. The van der Waals surface area contributed by atoms with Gasteiger partial charge in [-0.25, -0.2) is 0 Å². The van der Waals surface area contributed by atoms with Crippen molar-refractivity contribution in [3.8, 4) is 67.0 Å². The average Bonchev–Trinajstić information content (AvgIpc) is 3.87. The van der Waals surface area contributed by atoms with Crippen molar-refractivity contribution in [1.82, 2.24) is 19.1 Å². The van der Waals surface area contributed by atoms with Gasteiger partial charge in [0.05, 0.1) is 22.1 Å². The molecule has 1 aliphatic rings. The number of aryl methyl sites for hydroxylation is 2. The molecule has 64 heavy (non-hydrogen) atoms. The average molecular weight is 817 g/mol. The van der Waals surface area contributed by atoms with Crippen LogP contribution in [0.25, 0.3) is 111 Å². The van der Waals surface area contributed by atoms with E-state index in [0.29, 0.717) is 0 Å². The van der Waals surface area contributed by atoms with Crippen LogP contribution in [0.5, 0.6) is 0 Å². The van der Waals surface area contributed by atoms with Gasteiger partial charge in [0.2, 0.25) is 0 Å². The number of hydrogen-bond donors (Lipinski definition) is 0. The molecule has 300 valence electrons. The Morgan fingerprint density at radius 1 is 0.281 bits per heavy atom. The number of aromatic nitrogens is 4. The molecule has 0 fully saturated rings. The lowest BCUT2D eigenvalue weighted by molar-refractivity contribution is 0.946. The van der Waals surface area contributed by atoms with Gasteiger partial charge in [0, 0.05) is 57.7 Å². The van der Waals surface area contributed by atoms with Crippen LogP contribution in [-0.2, 0) is 12.8 Å². The third-order valence-corrected chi connectivity index (χ3v) is 13.4. The van der Waals surface area contributed by atoms with Crippen LogP contribution in [0.15, 0.2) is 219 Å². The highest BCUT2D eigenvalue weighted by Gasteiger charge is 2.24. The number of rotatable bonds is 6. The van der Waals surface area contributed by atoms with Crippen molar-refractivity contribution in [2.75, 3.05) is 0 Å². The zero-order valence-electron chi connectivity index (χ0n) is 35.0. The Kier molecular flexibility index (Phi) is 8.31. The van der Waals surface area contributed by atoms with Gasteiger partial charge in [0.25, 0.3) is 0 Å². The lowest BCUT2D eigenvalue weighted by Crippen LogP contribution is -2.05. The van der Waals surface area contributed by atoms with Gasteiger partial charge in [-0.3, -0.25) is 9.97 Å². The summed E-state index contributed by atoms with van der Waals surface area (Å²) in [5.74, 6) is 0. The van der Waals surface area contributed by atoms with Gasteiger partial charge in [-0.1, -0.05) is 109 Å². The predicted octanol–water partition coefficient (Wildman–Crippen LogP) is 15.1. The van der Waals surface area contributed by atoms with Crippen LogP contribution in [0, 0.1) is 0 Å². The number of nitrogens with zero attached hydrogens (tertiary/aromatic N) is 4. The van der Waals surface area contributed by atoms with E-state index in [9.17, 15) is 0 Å². The highest BCUT2D eigenvalue weighted by atomic mass is 15.0. The van der Waals surface area contributed by atoms with Crippen LogP contribution < -0.4 is 0 Å². The van der Waals surface area contributed by atoms with Gasteiger partial charge in [0.1, 0.15) is 0 Å². The van der Waals surface area contributed by atoms with Gasteiger partial charge >= 0.3 is 0 Å². The van der Waals surface area contributed by atoms with Gasteiger partial charge < -0.3 is 9.13 Å². The van der Waals surface area contributed by atoms with Crippen LogP contribution in [0.4, 0.5) is 0 Å². The summed E-state index contributed by atoms with van der Waals surface area (Å²) in [6.45, 7) is 0. The second-order valence-electron chi connectivity index (χ2n) is 17.0. The second-order valence-corrected chi connectivity index (χ2v) is 17.0. The summed E-state index contributed by atoms with van der Waals surface area (Å²) in [4.78, 5) is 8.80. The molecule has 0 aliphatic heterocycles. The molecule has 0 N–H and O–H groups in total. The third kappa shape index (κ3) is 5.91. The molecular weight excluding hydrogens is 777 g/mol. The highest BCUT2D eigenvalue weighted by molar-refractivity contribution is 6.14. The summed E-state index contributed by atoms with van der Waals surface area (Å²) in [6, 6.07) is 71.4. The van der Waals surface area contributed by atoms with E-state index < -0.39 is 0 Å². The maximum atomic E-state index is 4.40. The summed E-state index contributed by atoms with van der Waals surface area (Å²) >= 11 is 0. The highest BCUT2D eigenvalue weighted by Crippen LogP contribution is 2.45. The molecule has 4 nitrogen and oxygen atoms in total. The fraction of sp³-hybridized carbons (Fsp3) is 0.0333. The molecule has 4 heteroatoms. The molecule has 0 unspecified atom stereocenters. The first kappa shape index (κ1) is 36.3. The fourth-order valence-electron chi connectivity index (χ4n) is 10.3. The maximum absolute atomic E-state index is 4.40. The standard InChI is InChI=1S/C60H40N4/c1-3-9-39(10-4-1)41-13-7-15-43(31-41)45-19-21-57-53(33-45)55-35-47-17-18-48-36-56-54-34-46(44-16-8-14-42(32-44)40-11-5-2-6-12-40)20-22-58(54)64(50-25-29-62-30-26-50)60(56)38-52(48)51(47)37-59(55)63(57)49-23-27-61-28-24-49/h1-16,19-38H,17-18H2. The molecule has 0 radical (unpaired) electrons. The van der Waals surface area contributed by atoms with Gasteiger partial charge in [-0.15, -0.1) is 0 Å². The Morgan fingerprint density at radius 2 is 0.641 bits per heavy atom. The van der Waals surface area contributed by atoms with E-state index in [1.54, 1.807) is 0 Å². The van der Waals surface area contributed by atoms with E-state index in [2.05, 4.69) is 213 Å². The summed E-state index contributed by atoms with van der Waals surface area (Å²) in [7, 11) is 0. The summed E-state index contributed by atoms with van der Waals surface area (Å²) in [5.41, 5.74) is 22.1. The quantitative estimate of drug-likeness (QED) is 0.168. The first-order chi connectivity index (χ1) is 31.7. The smallest absolute Gasteiger partial charge is 0.0547 e. The van der Waals surface area contributed by atoms with Crippen LogP contribution >= 0.6 is 0 Å². The molecule has 8 aromatic carbocycles. The zero-order chi connectivity index (χ0) is 42.1. The molecule has 4 heterocycles. The Hall–Kier alpha value is -8.34. The minimum absolute atomic E-state index is 0.977. The number of pyridine rings is 2. The molecule has 0 bridgehead atoms.